The molecule has 148 valence electrons. The lowest BCUT2D eigenvalue weighted by atomic mass is 10.1. The fourth-order valence-electron chi connectivity index (χ4n) is 3.63. The van der Waals surface area contributed by atoms with Crippen molar-refractivity contribution in [3.63, 3.8) is 0 Å². The topological polar surface area (TPSA) is 94.3 Å². The molecule has 1 aromatic heterocycles. The van der Waals surface area contributed by atoms with Gasteiger partial charge in [0.2, 0.25) is 11.8 Å². The van der Waals surface area contributed by atoms with Gasteiger partial charge in [0.05, 0.1) is 5.92 Å². The number of hydrogen-bond donors (Lipinski definition) is 3. The lowest BCUT2D eigenvalue weighted by Gasteiger charge is -2.16. The van der Waals surface area contributed by atoms with Crippen LogP contribution in [0.5, 0.6) is 0 Å². The Morgan fingerprint density at radius 2 is 1.79 bits per heavy atom. The zero-order valence-corrected chi connectivity index (χ0v) is 15.9. The second-order valence-corrected chi connectivity index (χ2v) is 7.03. The van der Waals surface area contributed by atoms with E-state index in [1.807, 2.05) is 48.5 Å². The van der Waals surface area contributed by atoms with Gasteiger partial charge in [-0.3, -0.25) is 14.4 Å². The predicted molar refractivity (Wildman–Crippen MR) is 111 cm³/mol. The first-order valence-electron chi connectivity index (χ1n) is 9.61. The number of nitrogens with one attached hydrogen (secondary N) is 3. The standard InChI is InChI=1S/C22H22N4O3/c27-20-13-15(14-26(20)16-5-2-1-3-6-16)21(28)24-11-12-25-22(29)18-7-4-8-19-17(18)9-10-23-19/h1-10,15,23H,11-14H2,(H,24,28)(H,25,29)/t15-/m1/s1. The van der Waals surface area contributed by atoms with Crippen LogP contribution in [-0.4, -0.2) is 42.3 Å². The molecule has 3 N–H and O–H groups in total. The van der Waals surface area contributed by atoms with Crippen LogP contribution >= 0.6 is 0 Å². The molecule has 2 aromatic carbocycles. The van der Waals surface area contributed by atoms with Crippen molar-refractivity contribution in [3.05, 3.63) is 66.4 Å². The van der Waals surface area contributed by atoms with E-state index in [4.69, 9.17) is 0 Å². The number of benzene rings is 2. The third kappa shape index (κ3) is 3.99. The molecule has 0 aliphatic carbocycles. The molecule has 29 heavy (non-hydrogen) atoms. The third-order valence-corrected chi connectivity index (χ3v) is 5.11. The van der Waals surface area contributed by atoms with Crippen LogP contribution in [0.2, 0.25) is 0 Å². The minimum atomic E-state index is -0.382. The number of H-pyrrole nitrogens is 1. The van der Waals surface area contributed by atoms with Crippen molar-refractivity contribution in [1.29, 1.82) is 0 Å². The molecule has 0 bridgehead atoms. The highest BCUT2D eigenvalue weighted by Crippen LogP contribution is 2.24. The summed E-state index contributed by atoms with van der Waals surface area (Å²) in [6.45, 7) is 0.995. The third-order valence-electron chi connectivity index (χ3n) is 5.11. The zero-order valence-electron chi connectivity index (χ0n) is 15.9. The maximum absolute atomic E-state index is 12.4. The van der Waals surface area contributed by atoms with Crippen molar-refractivity contribution < 1.29 is 14.4 Å². The van der Waals surface area contributed by atoms with E-state index in [-0.39, 0.29) is 30.1 Å². The fourth-order valence-corrected chi connectivity index (χ4v) is 3.63. The second-order valence-electron chi connectivity index (χ2n) is 7.03. The summed E-state index contributed by atoms with van der Waals surface area (Å²) in [5.74, 6) is -0.786. The van der Waals surface area contributed by atoms with Crippen LogP contribution in [0, 0.1) is 5.92 Å². The molecule has 0 unspecified atom stereocenters. The highest BCUT2D eigenvalue weighted by Gasteiger charge is 2.34. The van der Waals surface area contributed by atoms with Crippen LogP contribution in [0.25, 0.3) is 10.9 Å². The first-order chi connectivity index (χ1) is 14.1. The number of nitrogens with zero attached hydrogens (tertiary/aromatic N) is 1. The molecular formula is C22H22N4O3. The molecule has 0 saturated carbocycles. The van der Waals surface area contributed by atoms with Gasteiger partial charge in [0.1, 0.15) is 0 Å². The maximum atomic E-state index is 12.4. The number of aromatic amines is 1. The molecule has 0 radical (unpaired) electrons. The number of rotatable bonds is 6. The van der Waals surface area contributed by atoms with Crippen molar-refractivity contribution in [2.45, 2.75) is 6.42 Å². The monoisotopic (exact) mass is 390 g/mol. The fraction of sp³-hybridized carbons (Fsp3) is 0.227. The Hall–Kier alpha value is -3.61. The molecule has 0 spiro atoms. The van der Waals surface area contributed by atoms with E-state index < -0.39 is 0 Å². The second kappa shape index (κ2) is 8.18. The minimum Gasteiger partial charge on any atom is -0.361 e. The summed E-state index contributed by atoms with van der Waals surface area (Å²) in [4.78, 5) is 41.8. The molecule has 1 aliphatic rings. The van der Waals surface area contributed by atoms with Crippen molar-refractivity contribution in [2.75, 3.05) is 24.5 Å². The van der Waals surface area contributed by atoms with E-state index in [2.05, 4.69) is 15.6 Å². The van der Waals surface area contributed by atoms with Gasteiger partial charge < -0.3 is 20.5 Å². The number of anilines is 1. The van der Waals surface area contributed by atoms with E-state index in [1.165, 1.54) is 0 Å². The zero-order chi connectivity index (χ0) is 20.2. The maximum Gasteiger partial charge on any atom is 0.252 e. The Morgan fingerprint density at radius 1 is 1.00 bits per heavy atom. The Balaban J connectivity index is 1.26. The molecule has 1 aliphatic heterocycles. The molecule has 3 amide bonds. The number of hydrogen-bond acceptors (Lipinski definition) is 3. The lowest BCUT2D eigenvalue weighted by Crippen LogP contribution is -2.38. The Bertz CT molecular complexity index is 1040. The normalized spacial score (nSPS) is 16.2. The number of para-hydroxylation sites is 1. The van der Waals surface area contributed by atoms with Gasteiger partial charge in [0.25, 0.3) is 5.91 Å². The number of aromatic nitrogens is 1. The highest BCUT2D eigenvalue weighted by molar-refractivity contribution is 6.06. The van der Waals surface area contributed by atoms with E-state index in [0.29, 0.717) is 25.2 Å². The molecule has 7 nitrogen and oxygen atoms in total. The molecule has 1 fully saturated rings. The van der Waals surface area contributed by atoms with Crippen LogP contribution in [0.4, 0.5) is 5.69 Å². The summed E-state index contributed by atoms with van der Waals surface area (Å²) in [7, 11) is 0. The smallest absolute Gasteiger partial charge is 0.252 e. The van der Waals surface area contributed by atoms with Gasteiger partial charge in [-0.15, -0.1) is 0 Å². The van der Waals surface area contributed by atoms with Crippen molar-refractivity contribution in [2.24, 2.45) is 5.92 Å². The van der Waals surface area contributed by atoms with Crippen molar-refractivity contribution >= 4 is 34.3 Å². The summed E-state index contributed by atoms with van der Waals surface area (Å²) >= 11 is 0. The predicted octanol–water partition coefficient (Wildman–Crippen LogP) is 2.07. The average molecular weight is 390 g/mol. The first-order valence-corrected chi connectivity index (χ1v) is 9.61. The summed E-state index contributed by atoms with van der Waals surface area (Å²) in [5.41, 5.74) is 2.30. The Kier molecular flexibility index (Phi) is 5.29. The number of carbonyl (C=O) groups excluding carboxylic acids is 3. The molecule has 1 saturated heterocycles. The van der Waals surface area contributed by atoms with E-state index >= 15 is 0 Å². The largest absolute Gasteiger partial charge is 0.361 e. The summed E-state index contributed by atoms with van der Waals surface area (Å²) in [5, 5.41) is 6.50. The minimum absolute atomic E-state index is 0.0516. The Morgan fingerprint density at radius 3 is 2.62 bits per heavy atom. The number of fused-ring (bicyclic) bond motifs is 1. The van der Waals surface area contributed by atoms with Crippen LogP contribution in [-0.2, 0) is 9.59 Å². The molecule has 7 heteroatoms. The summed E-state index contributed by atoms with van der Waals surface area (Å²) < 4.78 is 0. The summed E-state index contributed by atoms with van der Waals surface area (Å²) in [6, 6.07) is 16.7. The van der Waals surface area contributed by atoms with Gasteiger partial charge in [-0.1, -0.05) is 24.3 Å². The van der Waals surface area contributed by atoms with Gasteiger partial charge in [0, 0.05) is 54.4 Å². The van der Waals surface area contributed by atoms with Gasteiger partial charge >= 0.3 is 0 Å². The van der Waals surface area contributed by atoms with Crippen LogP contribution in [0.1, 0.15) is 16.8 Å². The van der Waals surface area contributed by atoms with Crippen molar-refractivity contribution in [3.8, 4) is 0 Å². The highest BCUT2D eigenvalue weighted by atomic mass is 16.2. The van der Waals surface area contributed by atoms with E-state index in [0.717, 1.165) is 16.6 Å². The lowest BCUT2D eigenvalue weighted by molar-refractivity contribution is -0.126. The SMILES string of the molecule is O=C(NCCNC(=O)[C@@H]1CC(=O)N(c2ccccc2)C1)c1cccc2[nH]ccc12. The van der Waals surface area contributed by atoms with Crippen molar-refractivity contribution in [1.82, 2.24) is 15.6 Å². The quantitative estimate of drug-likeness (QED) is 0.563. The van der Waals surface area contributed by atoms with Gasteiger partial charge in [0.15, 0.2) is 0 Å². The molecule has 3 aromatic rings. The molecule has 1 atom stereocenters. The van der Waals surface area contributed by atoms with E-state index in [1.54, 1.807) is 17.2 Å². The van der Waals surface area contributed by atoms with E-state index in [9.17, 15) is 14.4 Å². The average Bonchev–Trinajstić information content (AvgIpc) is 3.38. The van der Waals surface area contributed by atoms with Crippen LogP contribution < -0.4 is 15.5 Å². The number of amides is 3. The van der Waals surface area contributed by atoms with Gasteiger partial charge in [-0.05, 0) is 30.3 Å². The van der Waals surface area contributed by atoms with Crippen LogP contribution in [0.3, 0.4) is 0 Å². The molecule has 4 rings (SSSR count). The number of carbonyl (C=O) groups is 3. The molecular weight excluding hydrogens is 368 g/mol. The van der Waals surface area contributed by atoms with Crippen LogP contribution in [0.15, 0.2) is 60.8 Å². The van der Waals surface area contributed by atoms with Gasteiger partial charge in [-0.25, -0.2) is 0 Å². The first kappa shape index (κ1) is 18.7. The Labute approximate surface area is 168 Å². The summed E-state index contributed by atoms with van der Waals surface area (Å²) in [6.07, 6.45) is 1.99. The molecule has 2 heterocycles. The van der Waals surface area contributed by atoms with Gasteiger partial charge in [-0.2, -0.15) is 0 Å².